The molecule has 0 atom stereocenters. The molecule has 0 N–H and O–H groups in total. The van der Waals surface area contributed by atoms with Crippen LogP contribution in [0, 0.1) is 0 Å². The second-order valence-corrected chi connectivity index (χ2v) is 2.82. The predicted molar refractivity (Wildman–Crippen MR) is 45.6 cm³/mol. The molecular weight excluding hydrogens is 176 g/mol. The SMILES string of the molecule is O=Cc1ncn2ccc(Cl)cc12. The van der Waals surface area contributed by atoms with E-state index in [9.17, 15) is 4.79 Å². The van der Waals surface area contributed by atoms with Crippen molar-refractivity contribution in [3.8, 4) is 0 Å². The summed E-state index contributed by atoms with van der Waals surface area (Å²) in [5.41, 5.74) is 1.15. The highest BCUT2D eigenvalue weighted by atomic mass is 35.5. The first kappa shape index (κ1) is 7.31. The number of imidazole rings is 1. The molecule has 2 aromatic heterocycles. The molecule has 0 aliphatic rings. The number of aromatic nitrogens is 2. The largest absolute Gasteiger partial charge is 0.305 e. The molecule has 60 valence electrons. The van der Waals surface area contributed by atoms with Gasteiger partial charge in [0.1, 0.15) is 12.0 Å². The van der Waals surface area contributed by atoms with Gasteiger partial charge in [-0.2, -0.15) is 0 Å². The number of hydrogen-bond acceptors (Lipinski definition) is 2. The van der Waals surface area contributed by atoms with Gasteiger partial charge in [-0.15, -0.1) is 0 Å². The summed E-state index contributed by atoms with van der Waals surface area (Å²) in [4.78, 5) is 14.4. The van der Waals surface area contributed by atoms with Crippen LogP contribution in [0.25, 0.3) is 5.52 Å². The molecule has 0 spiro atoms. The molecule has 0 saturated heterocycles. The van der Waals surface area contributed by atoms with Crippen molar-refractivity contribution < 1.29 is 4.79 Å². The van der Waals surface area contributed by atoms with Gasteiger partial charge < -0.3 is 4.40 Å². The molecule has 4 heteroatoms. The maximum atomic E-state index is 10.5. The Bertz CT molecular complexity index is 436. The van der Waals surface area contributed by atoms with Gasteiger partial charge in [0.25, 0.3) is 0 Å². The normalized spacial score (nSPS) is 10.4. The Morgan fingerprint density at radius 3 is 3.17 bits per heavy atom. The lowest BCUT2D eigenvalue weighted by molar-refractivity contribution is 0.112. The van der Waals surface area contributed by atoms with Crippen LogP contribution in [0.4, 0.5) is 0 Å². The van der Waals surface area contributed by atoms with Gasteiger partial charge >= 0.3 is 0 Å². The van der Waals surface area contributed by atoms with E-state index < -0.39 is 0 Å². The molecule has 12 heavy (non-hydrogen) atoms. The molecule has 0 aliphatic carbocycles. The van der Waals surface area contributed by atoms with Crippen molar-refractivity contribution in [1.82, 2.24) is 9.38 Å². The van der Waals surface area contributed by atoms with E-state index in [0.717, 1.165) is 5.52 Å². The Hall–Kier alpha value is -1.35. The Balaban J connectivity index is 2.83. The summed E-state index contributed by atoms with van der Waals surface area (Å²) < 4.78 is 1.75. The first-order valence-electron chi connectivity index (χ1n) is 3.38. The highest BCUT2D eigenvalue weighted by molar-refractivity contribution is 6.31. The third-order valence-electron chi connectivity index (χ3n) is 1.64. The van der Waals surface area contributed by atoms with Crippen LogP contribution in [-0.4, -0.2) is 15.7 Å². The van der Waals surface area contributed by atoms with Crippen molar-refractivity contribution in [2.45, 2.75) is 0 Å². The molecule has 0 amide bonds. The van der Waals surface area contributed by atoms with Gasteiger partial charge in [0, 0.05) is 11.2 Å². The first-order chi connectivity index (χ1) is 5.81. The average Bonchev–Trinajstić information content (AvgIpc) is 2.46. The molecule has 3 nitrogen and oxygen atoms in total. The fourth-order valence-electron chi connectivity index (χ4n) is 1.07. The van der Waals surface area contributed by atoms with Gasteiger partial charge in [-0.05, 0) is 12.1 Å². The lowest BCUT2D eigenvalue weighted by atomic mass is 10.3. The number of halogens is 1. The van der Waals surface area contributed by atoms with Crippen LogP contribution in [0.1, 0.15) is 10.5 Å². The van der Waals surface area contributed by atoms with E-state index in [0.29, 0.717) is 17.0 Å². The summed E-state index contributed by atoms with van der Waals surface area (Å²) in [5, 5.41) is 0.603. The number of nitrogens with zero attached hydrogens (tertiary/aromatic N) is 2. The molecule has 0 unspecified atom stereocenters. The zero-order valence-electron chi connectivity index (χ0n) is 6.07. The maximum Gasteiger partial charge on any atom is 0.170 e. The fraction of sp³-hybridized carbons (Fsp3) is 0. The van der Waals surface area contributed by atoms with Gasteiger partial charge in [-0.1, -0.05) is 11.6 Å². The number of hydrogen-bond donors (Lipinski definition) is 0. The number of carbonyl (C=O) groups excluding carboxylic acids is 1. The van der Waals surface area contributed by atoms with E-state index in [1.807, 2.05) is 0 Å². The van der Waals surface area contributed by atoms with Crippen LogP contribution >= 0.6 is 11.6 Å². The maximum absolute atomic E-state index is 10.5. The second kappa shape index (κ2) is 2.60. The van der Waals surface area contributed by atoms with Crippen molar-refractivity contribution in [3.05, 3.63) is 35.4 Å². The molecule has 2 rings (SSSR count). The van der Waals surface area contributed by atoms with E-state index >= 15 is 0 Å². The van der Waals surface area contributed by atoms with E-state index in [4.69, 9.17) is 11.6 Å². The number of pyridine rings is 1. The molecule has 0 saturated carbocycles. The lowest BCUT2D eigenvalue weighted by Gasteiger charge is -1.93. The minimum Gasteiger partial charge on any atom is -0.305 e. The van der Waals surface area contributed by atoms with Crippen molar-refractivity contribution in [3.63, 3.8) is 0 Å². The number of rotatable bonds is 1. The van der Waals surface area contributed by atoms with Crippen LogP contribution in [0.2, 0.25) is 5.02 Å². The third kappa shape index (κ3) is 0.987. The van der Waals surface area contributed by atoms with Crippen molar-refractivity contribution in [2.75, 3.05) is 0 Å². The minimum atomic E-state index is 0.414. The number of fused-ring (bicyclic) bond motifs is 1. The summed E-state index contributed by atoms with van der Waals surface area (Å²) in [6.45, 7) is 0. The smallest absolute Gasteiger partial charge is 0.170 e. The second-order valence-electron chi connectivity index (χ2n) is 2.39. The van der Waals surface area contributed by atoms with Crippen molar-refractivity contribution in [2.24, 2.45) is 0 Å². The Morgan fingerprint density at radius 1 is 1.58 bits per heavy atom. The van der Waals surface area contributed by atoms with Gasteiger partial charge in [-0.25, -0.2) is 4.98 Å². The molecule has 0 bridgehead atoms. The van der Waals surface area contributed by atoms with Gasteiger partial charge in [0.05, 0.1) is 5.52 Å². The monoisotopic (exact) mass is 180 g/mol. The zero-order valence-corrected chi connectivity index (χ0v) is 6.82. The summed E-state index contributed by atoms with van der Waals surface area (Å²) in [6.07, 6.45) is 4.05. The van der Waals surface area contributed by atoms with E-state index in [1.165, 1.54) is 0 Å². The summed E-state index contributed by atoms with van der Waals surface area (Å²) in [7, 11) is 0. The van der Waals surface area contributed by atoms with Crippen LogP contribution in [-0.2, 0) is 0 Å². The van der Waals surface area contributed by atoms with Crippen LogP contribution in [0.3, 0.4) is 0 Å². The molecule has 0 fully saturated rings. The van der Waals surface area contributed by atoms with E-state index in [-0.39, 0.29) is 0 Å². The summed E-state index contributed by atoms with van der Waals surface area (Å²) in [5.74, 6) is 0. The van der Waals surface area contributed by atoms with Gasteiger partial charge in [0.15, 0.2) is 6.29 Å². The molecule has 2 heterocycles. The van der Waals surface area contributed by atoms with E-state index in [2.05, 4.69) is 4.98 Å². The van der Waals surface area contributed by atoms with E-state index in [1.54, 1.807) is 29.1 Å². The average molecular weight is 181 g/mol. The van der Waals surface area contributed by atoms with Crippen LogP contribution in [0.15, 0.2) is 24.7 Å². The van der Waals surface area contributed by atoms with Crippen molar-refractivity contribution in [1.29, 1.82) is 0 Å². The van der Waals surface area contributed by atoms with Gasteiger partial charge in [0.2, 0.25) is 0 Å². The minimum absolute atomic E-state index is 0.414. The topological polar surface area (TPSA) is 34.4 Å². The van der Waals surface area contributed by atoms with Crippen LogP contribution in [0.5, 0.6) is 0 Å². The summed E-state index contributed by atoms with van der Waals surface area (Å²) in [6, 6.07) is 3.45. The Morgan fingerprint density at radius 2 is 2.42 bits per heavy atom. The molecular formula is C8H5ClN2O. The molecule has 0 radical (unpaired) electrons. The first-order valence-corrected chi connectivity index (χ1v) is 3.76. The highest BCUT2D eigenvalue weighted by Gasteiger charge is 2.01. The molecule has 0 aromatic carbocycles. The third-order valence-corrected chi connectivity index (χ3v) is 1.88. The Labute approximate surface area is 73.6 Å². The van der Waals surface area contributed by atoms with Crippen LogP contribution < -0.4 is 0 Å². The number of aldehydes is 1. The Kier molecular flexibility index (Phi) is 1.59. The molecule has 2 aromatic rings. The fourth-order valence-corrected chi connectivity index (χ4v) is 1.23. The zero-order chi connectivity index (χ0) is 8.55. The lowest BCUT2D eigenvalue weighted by Crippen LogP contribution is -1.83. The van der Waals surface area contributed by atoms with Gasteiger partial charge in [-0.3, -0.25) is 4.79 Å². The number of carbonyl (C=O) groups is 1. The molecule has 0 aliphatic heterocycles. The summed E-state index contributed by atoms with van der Waals surface area (Å²) >= 11 is 5.75. The van der Waals surface area contributed by atoms with Crippen molar-refractivity contribution >= 4 is 23.4 Å². The standard InChI is InChI=1S/C8H5ClN2O/c9-6-1-2-11-5-10-7(4-12)8(11)3-6/h1-5H. The quantitative estimate of drug-likeness (QED) is 0.628. The predicted octanol–water partition coefficient (Wildman–Crippen LogP) is 1.80. The highest BCUT2D eigenvalue weighted by Crippen LogP contribution is 2.13.